The summed E-state index contributed by atoms with van der Waals surface area (Å²) in [5, 5.41) is 11.2. The molecule has 2 atom stereocenters. The number of amides is 2. The van der Waals surface area contributed by atoms with Crippen LogP contribution in [0.15, 0.2) is 0 Å². The van der Waals surface area contributed by atoms with Crippen LogP contribution in [0.1, 0.15) is 19.8 Å². The largest absolute Gasteiger partial charge is 0.480 e. The Morgan fingerprint density at radius 1 is 1.15 bits per heavy atom. The van der Waals surface area contributed by atoms with E-state index in [1.165, 1.54) is 4.90 Å². The average molecular weight is 284 g/mol. The van der Waals surface area contributed by atoms with Crippen molar-refractivity contribution in [3.8, 4) is 0 Å². The van der Waals surface area contributed by atoms with Crippen LogP contribution in [0.5, 0.6) is 0 Å². The van der Waals surface area contributed by atoms with Gasteiger partial charge in [0.25, 0.3) is 0 Å². The summed E-state index contributed by atoms with van der Waals surface area (Å²) in [5.74, 6) is -0.912. The van der Waals surface area contributed by atoms with Crippen LogP contribution in [-0.2, 0) is 4.79 Å². The molecule has 0 bridgehead atoms. The third-order valence-electron chi connectivity index (χ3n) is 4.20. The second kappa shape index (κ2) is 6.41. The maximum absolute atomic E-state index is 12.3. The molecule has 2 N–H and O–H groups in total. The summed E-state index contributed by atoms with van der Waals surface area (Å²) in [7, 11) is 2.05. The molecular formula is C13H24N4O3. The number of likely N-dealkylation sites (tertiary alicyclic amines) is 1. The molecule has 2 amide bonds. The van der Waals surface area contributed by atoms with Crippen molar-refractivity contribution in [2.24, 2.45) is 5.92 Å². The lowest BCUT2D eigenvalue weighted by Gasteiger charge is -2.39. The summed E-state index contributed by atoms with van der Waals surface area (Å²) in [4.78, 5) is 27.3. The van der Waals surface area contributed by atoms with E-state index in [2.05, 4.69) is 10.3 Å². The molecule has 114 valence electrons. The highest BCUT2D eigenvalue weighted by atomic mass is 16.4. The molecule has 7 nitrogen and oxygen atoms in total. The predicted molar refractivity (Wildman–Crippen MR) is 74.1 cm³/mol. The Hall–Kier alpha value is -1.34. The third-order valence-corrected chi connectivity index (χ3v) is 4.20. The van der Waals surface area contributed by atoms with Gasteiger partial charge in [-0.15, -0.1) is 0 Å². The third kappa shape index (κ3) is 3.40. The molecule has 0 aromatic heterocycles. The lowest BCUT2D eigenvalue weighted by atomic mass is 9.91. The van der Waals surface area contributed by atoms with Gasteiger partial charge in [-0.25, -0.2) is 14.6 Å². The lowest BCUT2D eigenvalue weighted by molar-refractivity contribution is -0.145. The van der Waals surface area contributed by atoms with Gasteiger partial charge in [-0.1, -0.05) is 6.92 Å². The molecule has 0 radical (unpaired) electrons. The van der Waals surface area contributed by atoms with Crippen LogP contribution in [0.4, 0.5) is 4.79 Å². The van der Waals surface area contributed by atoms with Gasteiger partial charge in [0.1, 0.15) is 6.04 Å². The molecule has 2 aliphatic heterocycles. The molecule has 2 unspecified atom stereocenters. The first-order valence-corrected chi connectivity index (χ1v) is 7.22. The Balaban J connectivity index is 1.94. The number of carbonyl (C=O) groups excluding carboxylic acids is 1. The number of hydrogen-bond donors (Lipinski definition) is 2. The predicted octanol–water partition coefficient (Wildman–Crippen LogP) is 0.0435. The number of hydrogen-bond acceptors (Lipinski definition) is 4. The van der Waals surface area contributed by atoms with Gasteiger partial charge >= 0.3 is 12.0 Å². The standard InChI is InChI=1S/C13H24N4O3/c1-10-4-3-5-17(11(10)12(18)19)13(20)14-16-8-6-15(2)7-9-16/h10-11H,3-9H2,1-2H3,(H,14,20)(H,18,19). The first kappa shape index (κ1) is 15.1. The molecule has 0 saturated carbocycles. The highest BCUT2D eigenvalue weighted by Gasteiger charge is 2.37. The Labute approximate surface area is 119 Å². The van der Waals surface area contributed by atoms with Gasteiger partial charge in [0.2, 0.25) is 0 Å². The summed E-state index contributed by atoms with van der Waals surface area (Å²) in [5.41, 5.74) is 2.84. The number of carboxylic acids is 1. The Morgan fingerprint density at radius 2 is 1.80 bits per heavy atom. The molecule has 20 heavy (non-hydrogen) atoms. The normalized spacial score (nSPS) is 29.2. The lowest BCUT2D eigenvalue weighted by Crippen LogP contribution is -2.60. The maximum Gasteiger partial charge on any atom is 0.332 e. The Morgan fingerprint density at radius 3 is 2.40 bits per heavy atom. The number of piperazine rings is 1. The van der Waals surface area contributed by atoms with Crippen LogP contribution in [0.25, 0.3) is 0 Å². The van der Waals surface area contributed by atoms with E-state index in [-0.39, 0.29) is 11.9 Å². The van der Waals surface area contributed by atoms with Crippen molar-refractivity contribution in [2.45, 2.75) is 25.8 Å². The van der Waals surface area contributed by atoms with Crippen LogP contribution in [0.3, 0.4) is 0 Å². The average Bonchev–Trinajstić information content (AvgIpc) is 2.40. The fourth-order valence-corrected chi connectivity index (χ4v) is 2.91. The van der Waals surface area contributed by atoms with Gasteiger partial charge in [0.05, 0.1) is 0 Å². The van der Waals surface area contributed by atoms with Crippen molar-refractivity contribution in [3.05, 3.63) is 0 Å². The second-order valence-electron chi connectivity index (χ2n) is 5.80. The van der Waals surface area contributed by atoms with Crippen LogP contribution < -0.4 is 5.43 Å². The summed E-state index contributed by atoms with van der Waals surface area (Å²) < 4.78 is 0. The zero-order valence-electron chi connectivity index (χ0n) is 12.2. The summed E-state index contributed by atoms with van der Waals surface area (Å²) in [6.45, 7) is 5.75. The first-order chi connectivity index (χ1) is 9.49. The SMILES string of the molecule is CC1CCCN(C(=O)NN2CCN(C)CC2)C1C(=O)O. The monoisotopic (exact) mass is 284 g/mol. The second-order valence-corrected chi connectivity index (χ2v) is 5.80. The highest BCUT2D eigenvalue weighted by Crippen LogP contribution is 2.23. The van der Waals surface area contributed by atoms with Gasteiger partial charge in [-0.2, -0.15) is 0 Å². The van der Waals surface area contributed by atoms with Crippen LogP contribution >= 0.6 is 0 Å². The van der Waals surface area contributed by atoms with Gasteiger partial charge in [0.15, 0.2) is 0 Å². The smallest absolute Gasteiger partial charge is 0.332 e. The van der Waals surface area contributed by atoms with Crippen LogP contribution in [0, 0.1) is 5.92 Å². The molecule has 0 aromatic carbocycles. The summed E-state index contributed by atoms with van der Waals surface area (Å²) in [6.07, 6.45) is 1.72. The zero-order valence-corrected chi connectivity index (χ0v) is 12.2. The number of carboxylic acid groups (broad SMARTS) is 1. The first-order valence-electron chi connectivity index (χ1n) is 7.22. The van der Waals surface area contributed by atoms with Gasteiger partial charge < -0.3 is 14.9 Å². The van der Waals surface area contributed by atoms with Gasteiger partial charge in [0, 0.05) is 32.7 Å². The van der Waals surface area contributed by atoms with E-state index in [1.54, 1.807) is 0 Å². The quantitative estimate of drug-likeness (QED) is 0.749. The minimum atomic E-state index is -0.911. The summed E-state index contributed by atoms with van der Waals surface area (Å²) in [6, 6.07) is -0.996. The molecule has 2 rings (SSSR count). The van der Waals surface area contributed by atoms with E-state index in [0.29, 0.717) is 6.54 Å². The fourth-order valence-electron chi connectivity index (χ4n) is 2.91. The van der Waals surface area contributed by atoms with E-state index in [0.717, 1.165) is 39.0 Å². The number of hydrazine groups is 1. The van der Waals surface area contributed by atoms with E-state index in [1.807, 2.05) is 19.0 Å². The van der Waals surface area contributed by atoms with Crippen molar-refractivity contribution in [3.63, 3.8) is 0 Å². The number of piperidine rings is 1. The molecule has 0 aromatic rings. The van der Waals surface area contributed by atoms with Crippen molar-refractivity contribution >= 4 is 12.0 Å². The molecule has 2 saturated heterocycles. The minimum absolute atomic E-state index is 0.000473. The minimum Gasteiger partial charge on any atom is -0.480 e. The van der Waals surface area contributed by atoms with Crippen molar-refractivity contribution in [1.29, 1.82) is 0 Å². The van der Waals surface area contributed by atoms with Crippen molar-refractivity contribution in [2.75, 3.05) is 39.8 Å². The van der Waals surface area contributed by atoms with Crippen molar-refractivity contribution < 1.29 is 14.7 Å². The maximum atomic E-state index is 12.3. The number of rotatable bonds is 2. The van der Waals surface area contributed by atoms with E-state index in [9.17, 15) is 14.7 Å². The van der Waals surface area contributed by atoms with Crippen molar-refractivity contribution in [1.82, 2.24) is 20.2 Å². The number of likely N-dealkylation sites (N-methyl/N-ethyl adjacent to an activating group) is 1. The zero-order chi connectivity index (χ0) is 14.7. The number of nitrogens with zero attached hydrogens (tertiary/aromatic N) is 3. The topological polar surface area (TPSA) is 76.1 Å². The van der Waals surface area contributed by atoms with Crippen LogP contribution in [-0.4, -0.2) is 77.7 Å². The molecule has 0 spiro atoms. The van der Waals surface area contributed by atoms with E-state index in [4.69, 9.17) is 0 Å². The molecule has 2 heterocycles. The van der Waals surface area contributed by atoms with E-state index >= 15 is 0 Å². The van der Waals surface area contributed by atoms with E-state index < -0.39 is 12.0 Å². The van der Waals surface area contributed by atoms with Gasteiger partial charge in [-0.3, -0.25) is 5.43 Å². The Bertz CT molecular complexity index is 369. The molecule has 0 aliphatic carbocycles. The van der Waals surface area contributed by atoms with Crippen LogP contribution in [0.2, 0.25) is 0 Å². The molecule has 2 aliphatic rings. The highest BCUT2D eigenvalue weighted by molar-refractivity contribution is 5.82. The molecular weight excluding hydrogens is 260 g/mol. The molecule has 2 fully saturated rings. The van der Waals surface area contributed by atoms with Gasteiger partial charge in [-0.05, 0) is 25.8 Å². The molecule has 7 heteroatoms. The number of aliphatic carboxylic acids is 1. The number of urea groups is 1. The number of carbonyl (C=O) groups is 2. The Kier molecular flexibility index (Phi) is 4.82. The number of nitrogens with one attached hydrogen (secondary N) is 1. The summed E-state index contributed by atoms with van der Waals surface area (Å²) >= 11 is 0. The fraction of sp³-hybridized carbons (Fsp3) is 0.846.